The first-order valence-corrected chi connectivity index (χ1v) is 3.54. The quantitative estimate of drug-likeness (QED) is 0.417. The van der Waals surface area contributed by atoms with E-state index in [1.54, 1.807) is 0 Å². The Labute approximate surface area is 50.6 Å². The van der Waals surface area contributed by atoms with Crippen molar-refractivity contribution in [2.24, 2.45) is 17.8 Å². The van der Waals surface area contributed by atoms with Gasteiger partial charge in [-0.3, -0.25) is 0 Å². The predicted octanol–water partition coefficient (Wildman–Crippen LogP) is 2.22. The van der Waals surface area contributed by atoms with Crippen LogP contribution >= 0.6 is 0 Å². The van der Waals surface area contributed by atoms with Crippen LogP contribution in [-0.2, 0) is 0 Å². The van der Waals surface area contributed by atoms with Crippen LogP contribution < -0.4 is 0 Å². The number of hydrogen-bond acceptors (Lipinski definition) is 0. The van der Waals surface area contributed by atoms with Gasteiger partial charge < -0.3 is 0 Å². The van der Waals surface area contributed by atoms with Gasteiger partial charge in [0.15, 0.2) is 0 Å². The average molecular weight is 108 g/mol. The zero-order valence-electron chi connectivity index (χ0n) is 5.30. The van der Waals surface area contributed by atoms with Crippen molar-refractivity contribution in [1.29, 1.82) is 0 Å². The van der Waals surface area contributed by atoms with Crippen LogP contribution in [0.5, 0.6) is 0 Å². The lowest BCUT2D eigenvalue weighted by Gasteiger charge is -1.96. The molecule has 2 aliphatic carbocycles. The monoisotopic (exact) mass is 108 g/mol. The second-order valence-corrected chi connectivity index (χ2v) is 3.13. The van der Waals surface area contributed by atoms with Crippen molar-refractivity contribution < 1.29 is 0 Å². The Balaban J connectivity index is 2.08. The van der Waals surface area contributed by atoms with Gasteiger partial charge in [-0.2, -0.15) is 0 Å². The maximum Gasteiger partial charge on any atom is -0.0317 e. The fraction of sp³-hybridized carbons (Fsp3) is 0.750. The number of allylic oxidation sites excluding steroid dienone is 2. The minimum atomic E-state index is 1.05. The third-order valence-electron chi connectivity index (χ3n) is 2.74. The van der Waals surface area contributed by atoms with E-state index in [4.69, 9.17) is 0 Å². The zero-order valence-corrected chi connectivity index (χ0v) is 5.30. The van der Waals surface area contributed by atoms with Crippen molar-refractivity contribution >= 4 is 0 Å². The van der Waals surface area contributed by atoms with Crippen LogP contribution in [0.2, 0.25) is 0 Å². The molecular weight excluding hydrogens is 96.1 g/mol. The first kappa shape index (κ1) is 4.60. The lowest BCUT2D eigenvalue weighted by Crippen LogP contribution is -1.83. The Bertz CT molecular complexity index is 110. The summed E-state index contributed by atoms with van der Waals surface area (Å²) in [6, 6.07) is 0. The molecule has 2 rings (SSSR count). The van der Waals surface area contributed by atoms with E-state index in [-0.39, 0.29) is 0 Å². The number of rotatable bonds is 0. The van der Waals surface area contributed by atoms with Gasteiger partial charge >= 0.3 is 0 Å². The van der Waals surface area contributed by atoms with E-state index in [1.165, 1.54) is 12.8 Å². The summed E-state index contributed by atoms with van der Waals surface area (Å²) in [6.07, 6.45) is 7.41. The summed E-state index contributed by atoms with van der Waals surface area (Å²) < 4.78 is 0. The lowest BCUT2D eigenvalue weighted by atomic mass is 10.1. The molecular formula is C8H12. The topological polar surface area (TPSA) is 0 Å². The van der Waals surface area contributed by atoms with E-state index < -0.39 is 0 Å². The first-order valence-electron chi connectivity index (χ1n) is 3.54. The SMILES string of the molecule is CC1[C@H]2CC=CC[C@@H]12. The second-order valence-electron chi connectivity index (χ2n) is 3.13. The van der Waals surface area contributed by atoms with Crippen LogP contribution in [0.15, 0.2) is 12.2 Å². The van der Waals surface area contributed by atoms with E-state index in [9.17, 15) is 0 Å². The summed E-state index contributed by atoms with van der Waals surface area (Å²) in [7, 11) is 0. The van der Waals surface area contributed by atoms with Crippen molar-refractivity contribution in [1.82, 2.24) is 0 Å². The van der Waals surface area contributed by atoms with E-state index in [2.05, 4.69) is 19.1 Å². The molecule has 0 amide bonds. The molecule has 0 N–H and O–H groups in total. The van der Waals surface area contributed by atoms with E-state index >= 15 is 0 Å². The first-order chi connectivity index (χ1) is 3.89. The standard InChI is InChI=1S/C8H12/c1-6-7-4-2-3-5-8(6)7/h2-3,6-8H,4-5H2,1H3/t6?,7-,8+. The molecule has 1 fully saturated rings. The van der Waals surface area contributed by atoms with Gasteiger partial charge in [-0.05, 0) is 30.6 Å². The van der Waals surface area contributed by atoms with Crippen LogP contribution in [0, 0.1) is 17.8 Å². The van der Waals surface area contributed by atoms with Crippen molar-refractivity contribution in [2.75, 3.05) is 0 Å². The Morgan fingerprint density at radius 1 is 1.12 bits per heavy atom. The molecule has 3 atom stereocenters. The highest BCUT2D eigenvalue weighted by atomic mass is 14.5. The van der Waals surface area contributed by atoms with Gasteiger partial charge in [-0.25, -0.2) is 0 Å². The highest BCUT2D eigenvalue weighted by molar-refractivity contribution is 5.06. The minimum absolute atomic E-state index is 1.05. The van der Waals surface area contributed by atoms with Gasteiger partial charge in [-0.1, -0.05) is 19.1 Å². The Morgan fingerprint density at radius 2 is 1.62 bits per heavy atom. The Kier molecular flexibility index (Phi) is 0.787. The summed E-state index contributed by atoms with van der Waals surface area (Å²) in [4.78, 5) is 0. The maximum atomic E-state index is 2.38. The van der Waals surface area contributed by atoms with Crippen molar-refractivity contribution in [3.05, 3.63) is 12.2 Å². The fourth-order valence-electron chi connectivity index (χ4n) is 1.92. The Morgan fingerprint density at radius 3 is 2.00 bits per heavy atom. The Hall–Kier alpha value is -0.260. The predicted molar refractivity (Wildman–Crippen MR) is 34.5 cm³/mol. The molecule has 0 aromatic rings. The van der Waals surface area contributed by atoms with Crippen LogP contribution in [-0.4, -0.2) is 0 Å². The molecule has 0 aromatic carbocycles. The van der Waals surface area contributed by atoms with Crippen LogP contribution in [0.4, 0.5) is 0 Å². The highest BCUT2D eigenvalue weighted by Crippen LogP contribution is 2.52. The highest BCUT2D eigenvalue weighted by Gasteiger charge is 2.45. The van der Waals surface area contributed by atoms with Crippen molar-refractivity contribution in [3.8, 4) is 0 Å². The van der Waals surface area contributed by atoms with E-state index in [1.807, 2.05) is 0 Å². The third kappa shape index (κ3) is 0.460. The minimum Gasteiger partial charge on any atom is -0.0882 e. The molecule has 2 aliphatic rings. The molecule has 0 heteroatoms. The molecule has 0 saturated heterocycles. The molecule has 0 radical (unpaired) electrons. The fourth-order valence-corrected chi connectivity index (χ4v) is 1.92. The summed E-state index contributed by atoms with van der Waals surface area (Å²) in [5.41, 5.74) is 0. The van der Waals surface area contributed by atoms with E-state index in [0.29, 0.717) is 0 Å². The van der Waals surface area contributed by atoms with Gasteiger partial charge in [-0.15, -0.1) is 0 Å². The smallest absolute Gasteiger partial charge is 0.0317 e. The molecule has 0 bridgehead atoms. The van der Waals surface area contributed by atoms with Crippen LogP contribution in [0.3, 0.4) is 0 Å². The maximum absolute atomic E-state index is 2.38. The van der Waals surface area contributed by atoms with Gasteiger partial charge in [0, 0.05) is 0 Å². The lowest BCUT2D eigenvalue weighted by molar-refractivity contribution is 0.689. The second kappa shape index (κ2) is 1.37. The molecule has 44 valence electrons. The van der Waals surface area contributed by atoms with Gasteiger partial charge in [0.25, 0.3) is 0 Å². The average Bonchev–Trinajstić information content (AvgIpc) is 2.46. The van der Waals surface area contributed by atoms with Crippen LogP contribution in [0.1, 0.15) is 19.8 Å². The van der Waals surface area contributed by atoms with Crippen molar-refractivity contribution in [2.45, 2.75) is 19.8 Å². The molecule has 0 aliphatic heterocycles. The largest absolute Gasteiger partial charge is 0.0882 e. The normalized spacial score (nSPS) is 50.9. The van der Waals surface area contributed by atoms with Gasteiger partial charge in [0.1, 0.15) is 0 Å². The van der Waals surface area contributed by atoms with Crippen LogP contribution in [0.25, 0.3) is 0 Å². The van der Waals surface area contributed by atoms with Gasteiger partial charge in [0.2, 0.25) is 0 Å². The molecule has 1 unspecified atom stereocenters. The van der Waals surface area contributed by atoms with Gasteiger partial charge in [0.05, 0.1) is 0 Å². The molecule has 1 saturated carbocycles. The van der Waals surface area contributed by atoms with Crippen molar-refractivity contribution in [3.63, 3.8) is 0 Å². The summed E-state index contributed by atoms with van der Waals surface area (Å²) >= 11 is 0. The number of fused-ring (bicyclic) bond motifs is 1. The molecule has 0 nitrogen and oxygen atoms in total. The molecule has 8 heavy (non-hydrogen) atoms. The molecule has 0 heterocycles. The number of hydrogen-bond donors (Lipinski definition) is 0. The summed E-state index contributed by atoms with van der Waals surface area (Å²) in [5, 5.41) is 0. The molecule has 0 spiro atoms. The zero-order chi connectivity index (χ0) is 5.56. The van der Waals surface area contributed by atoms with E-state index in [0.717, 1.165) is 17.8 Å². The third-order valence-corrected chi connectivity index (χ3v) is 2.74. The molecule has 0 aromatic heterocycles. The summed E-state index contributed by atoms with van der Waals surface area (Å²) in [5.74, 6) is 3.21. The summed E-state index contributed by atoms with van der Waals surface area (Å²) in [6.45, 7) is 2.38.